The van der Waals surface area contributed by atoms with E-state index in [9.17, 15) is 0 Å². The minimum absolute atomic E-state index is 0.618. The minimum Gasteiger partial charge on any atom is -0.383 e. The van der Waals surface area contributed by atoms with Gasteiger partial charge in [-0.25, -0.2) is 0 Å². The molecule has 1 aliphatic rings. The lowest BCUT2D eigenvalue weighted by Gasteiger charge is -2.22. The maximum Gasteiger partial charge on any atom is 0.0587 e. The number of ether oxygens (including phenoxy) is 2. The summed E-state index contributed by atoms with van der Waals surface area (Å²) in [4.78, 5) is 0. The van der Waals surface area contributed by atoms with Gasteiger partial charge in [0.15, 0.2) is 0 Å². The van der Waals surface area contributed by atoms with Crippen molar-refractivity contribution < 1.29 is 9.47 Å². The van der Waals surface area contributed by atoms with Crippen LogP contribution in [0.3, 0.4) is 0 Å². The molecule has 1 N–H and O–H groups in total. The maximum atomic E-state index is 5.39. The Morgan fingerprint density at radius 3 is 2.71 bits per heavy atom. The third-order valence-corrected chi connectivity index (χ3v) is 3.27. The monoisotopic (exact) mass is 241 g/mol. The van der Waals surface area contributed by atoms with Crippen LogP contribution < -0.4 is 5.32 Å². The average molecular weight is 241 g/mol. The lowest BCUT2D eigenvalue weighted by molar-refractivity contribution is 0.0782. The van der Waals surface area contributed by atoms with Crippen LogP contribution in [0.4, 0.5) is 0 Å². The quantitative estimate of drug-likeness (QED) is 0.548. The van der Waals surface area contributed by atoms with Gasteiger partial charge in [0.1, 0.15) is 0 Å². The Labute approximate surface area is 106 Å². The van der Waals surface area contributed by atoms with Gasteiger partial charge < -0.3 is 14.8 Å². The second-order valence-corrected chi connectivity index (χ2v) is 5.02. The lowest BCUT2D eigenvalue weighted by Crippen LogP contribution is -2.24. The van der Waals surface area contributed by atoms with Gasteiger partial charge in [0.05, 0.1) is 6.61 Å². The Morgan fingerprint density at radius 2 is 2.12 bits per heavy atom. The molecule has 0 radical (unpaired) electrons. The summed E-state index contributed by atoms with van der Waals surface area (Å²) >= 11 is 0. The molecule has 1 rings (SSSR count). The molecule has 0 aromatic heterocycles. The van der Waals surface area contributed by atoms with E-state index in [0.717, 1.165) is 32.9 Å². The Morgan fingerprint density at radius 1 is 1.41 bits per heavy atom. The van der Waals surface area contributed by atoms with Crippen LogP contribution in [0.2, 0.25) is 0 Å². The molecule has 3 heteroatoms. The van der Waals surface area contributed by atoms with E-state index in [0.29, 0.717) is 11.8 Å². The molecule has 0 spiro atoms. The van der Waals surface area contributed by atoms with Crippen molar-refractivity contribution in [3.63, 3.8) is 0 Å². The van der Waals surface area contributed by atoms with Crippen molar-refractivity contribution in [3.8, 4) is 0 Å². The Hall–Kier alpha value is -0.380. The van der Waals surface area contributed by atoms with Gasteiger partial charge in [0, 0.05) is 33.4 Å². The topological polar surface area (TPSA) is 30.5 Å². The summed E-state index contributed by atoms with van der Waals surface area (Å²) in [7, 11) is 1.74. The summed E-state index contributed by atoms with van der Waals surface area (Å²) in [5.74, 6) is 1.33. The fraction of sp³-hybridized carbons (Fsp3) is 0.857. The van der Waals surface area contributed by atoms with Gasteiger partial charge in [-0.2, -0.15) is 0 Å². The van der Waals surface area contributed by atoms with Crippen molar-refractivity contribution in [1.82, 2.24) is 5.32 Å². The highest BCUT2D eigenvalue weighted by molar-refractivity contribution is 5.09. The Bertz CT molecular complexity index is 220. The maximum absolute atomic E-state index is 5.39. The van der Waals surface area contributed by atoms with E-state index in [1.165, 1.54) is 18.4 Å². The van der Waals surface area contributed by atoms with E-state index in [1.807, 2.05) is 0 Å². The molecule has 0 saturated carbocycles. The van der Waals surface area contributed by atoms with E-state index in [1.54, 1.807) is 7.11 Å². The fourth-order valence-electron chi connectivity index (χ4n) is 2.05. The van der Waals surface area contributed by atoms with Crippen molar-refractivity contribution >= 4 is 0 Å². The molecule has 1 heterocycles. The largest absolute Gasteiger partial charge is 0.383 e. The predicted molar refractivity (Wildman–Crippen MR) is 71.2 cm³/mol. The van der Waals surface area contributed by atoms with E-state index in [4.69, 9.17) is 9.47 Å². The first kappa shape index (κ1) is 14.7. The highest BCUT2D eigenvalue weighted by Gasteiger charge is 2.13. The summed E-state index contributed by atoms with van der Waals surface area (Å²) in [5, 5.41) is 3.43. The zero-order valence-electron chi connectivity index (χ0n) is 11.5. The van der Waals surface area contributed by atoms with Crippen molar-refractivity contribution in [3.05, 3.63) is 11.6 Å². The van der Waals surface area contributed by atoms with Crippen molar-refractivity contribution in [2.24, 2.45) is 11.8 Å². The highest BCUT2D eigenvalue weighted by atomic mass is 16.5. The zero-order chi connectivity index (χ0) is 12.5. The minimum atomic E-state index is 0.618. The highest BCUT2D eigenvalue weighted by Crippen LogP contribution is 2.20. The van der Waals surface area contributed by atoms with Crippen molar-refractivity contribution in [2.75, 3.05) is 40.0 Å². The molecule has 0 amide bonds. The number of hydrogen-bond donors (Lipinski definition) is 1. The molecular weight excluding hydrogens is 214 g/mol. The first-order valence-electron chi connectivity index (χ1n) is 6.72. The molecule has 1 aliphatic heterocycles. The fourth-order valence-corrected chi connectivity index (χ4v) is 2.05. The average Bonchev–Trinajstić information content (AvgIpc) is 2.34. The molecule has 0 unspecified atom stereocenters. The summed E-state index contributed by atoms with van der Waals surface area (Å²) in [5.41, 5.74) is 1.52. The van der Waals surface area contributed by atoms with Gasteiger partial charge in [-0.05, 0) is 24.7 Å². The van der Waals surface area contributed by atoms with Crippen LogP contribution in [-0.4, -0.2) is 40.0 Å². The second kappa shape index (κ2) is 8.67. The number of rotatable bonds is 7. The molecule has 17 heavy (non-hydrogen) atoms. The molecule has 0 atom stereocenters. The first-order valence-corrected chi connectivity index (χ1v) is 6.72. The van der Waals surface area contributed by atoms with Gasteiger partial charge in [-0.3, -0.25) is 0 Å². The third kappa shape index (κ3) is 6.20. The predicted octanol–water partition coefficient (Wildman–Crippen LogP) is 2.23. The number of allylic oxidation sites excluding steroid dienone is 1. The smallest absolute Gasteiger partial charge is 0.0587 e. The molecule has 0 bridgehead atoms. The lowest BCUT2D eigenvalue weighted by atomic mass is 9.93. The number of hydrogen-bond acceptors (Lipinski definition) is 3. The molecule has 0 aliphatic carbocycles. The number of methoxy groups -OCH3 is 1. The van der Waals surface area contributed by atoms with Crippen LogP contribution in [0.1, 0.15) is 26.7 Å². The molecule has 1 saturated heterocycles. The third-order valence-electron chi connectivity index (χ3n) is 3.27. The SMILES string of the molecule is COCCNCC(=CC1CCOCC1)C(C)C. The molecule has 0 aromatic carbocycles. The summed E-state index contributed by atoms with van der Waals surface area (Å²) in [6.07, 6.45) is 4.82. The van der Waals surface area contributed by atoms with Crippen molar-refractivity contribution in [1.29, 1.82) is 0 Å². The van der Waals surface area contributed by atoms with Gasteiger partial charge in [-0.15, -0.1) is 0 Å². The van der Waals surface area contributed by atoms with Gasteiger partial charge in [-0.1, -0.05) is 25.5 Å². The van der Waals surface area contributed by atoms with Crippen LogP contribution in [0.5, 0.6) is 0 Å². The second-order valence-electron chi connectivity index (χ2n) is 5.02. The van der Waals surface area contributed by atoms with Gasteiger partial charge in [0.2, 0.25) is 0 Å². The molecular formula is C14H27NO2. The van der Waals surface area contributed by atoms with E-state index < -0.39 is 0 Å². The summed E-state index contributed by atoms with van der Waals surface area (Å²) in [6, 6.07) is 0. The van der Waals surface area contributed by atoms with E-state index >= 15 is 0 Å². The van der Waals surface area contributed by atoms with Crippen molar-refractivity contribution in [2.45, 2.75) is 26.7 Å². The molecule has 100 valence electrons. The van der Waals surface area contributed by atoms with Crippen LogP contribution in [0, 0.1) is 11.8 Å². The number of nitrogens with one attached hydrogen (secondary N) is 1. The Balaban J connectivity index is 2.37. The standard InChI is InChI=1S/C14H27NO2/c1-12(2)14(11-15-6-9-16-3)10-13-4-7-17-8-5-13/h10,12-13,15H,4-9,11H2,1-3H3. The van der Waals surface area contributed by atoms with Crippen LogP contribution in [0.25, 0.3) is 0 Å². The molecule has 0 aromatic rings. The van der Waals surface area contributed by atoms with Crippen LogP contribution >= 0.6 is 0 Å². The Kier molecular flexibility index (Phi) is 7.49. The van der Waals surface area contributed by atoms with E-state index in [-0.39, 0.29) is 0 Å². The molecule has 1 fully saturated rings. The van der Waals surface area contributed by atoms with Gasteiger partial charge >= 0.3 is 0 Å². The van der Waals surface area contributed by atoms with Crippen LogP contribution in [0.15, 0.2) is 11.6 Å². The summed E-state index contributed by atoms with van der Waals surface area (Å²) in [6.45, 7) is 9.06. The zero-order valence-corrected chi connectivity index (χ0v) is 11.5. The van der Waals surface area contributed by atoms with Gasteiger partial charge in [0.25, 0.3) is 0 Å². The molecule has 3 nitrogen and oxygen atoms in total. The normalized spacial score (nSPS) is 18.9. The van der Waals surface area contributed by atoms with Crippen LogP contribution in [-0.2, 0) is 9.47 Å². The summed E-state index contributed by atoms with van der Waals surface area (Å²) < 4.78 is 10.4. The van der Waals surface area contributed by atoms with E-state index in [2.05, 4.69) is 25.2 Å². The first-order chi connectivity index (χ1) is 8.24.